The number of fused-ring (bicyclic) bond motifs is 1. The van der Waals surface area contributed by atoms with E-state index in [-0.39, 0.29) is 5.82 Å². The summed E-state index contributed by atoms with van der Waals surface area (Å²) in [6.07, 6.45) is 13.1. The van der Waals surface area contributed by atoms with E-state index in [0.29, 0.717) is 17.5 Å². The summed E-state index contributed by atoms with van der Waals surface area (Å²) in [7, 11) is 0. The number of benzene rings is 2. The van der Waals surface area contributed by atoms with Gasteiger partial charge in [0, 0.05) is 18.6 Å². The molecule has 2 aromatic carbocycles. The zero-order valence-corrected chi connectivity index (χ0v) is 20.2. The summed E-state index contributed by atoms with van der Waals surface area (Å²) < 4.78 is 16.0. The van der Waals surface area contributed by atoms with Gasteiger partial charge < -0.3 is 4.40 Å². The second kappa shape index (κ2) is 9.63. The minimum Gasteiger partial charge on any atom is -0.306 e. The number of imidazole rings is 1. The molecule has 0 unspecified atom stereocenters. The fourth-order valence-electron chi connectivity index (χ4n) is 4.77. The van der Waals surface area contributed by atoms with Gasteiger partial charge in [0.1, 0.15) is 18.0 Å². The molecule has 0 saturated heterocycles. The van der Waals surface area contributed by atoms with Crippen LogP contribution in [0.2, 0.25) is 5.02 Å². The maximum Gasteiger partial charge on any atom is 0.136 e. The Morgan fingerprint density at radius 1 is 1.00 bits per heavy atom. The van der Waals surface area contributed by atoms with Crippen molar-refractivity contribution in [3.05, 3.63) is 112 Å². The summed E-state index contributed by atoms with van der Waals surface area (Å²) >= 11 is 6.65. The van der Waals surface area contributed by atoms with Gasteiger partial charge in [-0.2, -0.15) is 5.11 Å². The molecule has 1 fully saturated rings. The molecule has 36 heavy (non-hydrogen) atoms. The second-order valence-corrected chi connectivity index (χ2v) is 9.49. The highest BCUT2D eigenvalue weighted by molar-refractivity contribution is 6.32. The summed E-state index contributed by atoms with van der Waals surface area (Å²) in [6.45, 7) is 0.515. The van der Waals surface area contributed by atoms with E-state index in [9.17, 15) is 4.39 Å². The molecule has 7 heteroatoms. The lowest BCUT2D eigenvalue weighted by Gasteiger charge is -2.32. The Balaban J connectivity index is 1.51. The van der Waals surface area contributed by atoms with Crippen LogP contribution >= 0.6 is 11.6 Å². The van der Waals surface area contributed by atoms with Crippen LogP contribution in [0.3, 0.4) is 0 Å². The van der Waals surface area contributed by atoms with Crippen LogP contribution < -0.4 is 0 Å². The third-order valence-electron chi connectivity index (χ3n) is 6.82. The van der Waals surface area contributed by atoms with Gasteiger partial charge in [-0.15, -0.1) is 5.10 Å². The first-order valence-corrected chi connectivity index (χ1v) is 12.4. The highest BCUT2D eigenvalue weighted by Gasteiger charge is 2.28. The number of pyridine rings is 1. The first kappa shape index (κ1) is 22.6. The molecule has 178 valence electrons. The van der Waals surface area contributed by atoms with Crippen LogP contribution in [-0.2, 0) is 0 Å². The van der Waals surface area contributed by atoms with Gasteiger partial charge in [-0.05, 0) is 87.7 Å². The normalized spacial score (nSPS) is 16.4. The molecule has 2 aliphatic rings. The van der Waals surface area contributed by atoms with Crippen molar-refractivity contribution in [3.8, 4) is 0 Å². The van der Waals surface area contributed by atoms with Crippen LogP contribution in [0.4, 0.5) is 4.39 Å². The van der Waals surface area contributed by atoms with Crippen molar-refractivity contribution in [1.82, 2.24) is 9.38 Å². The number of rotatable bonds is 6. The Hall–Kier alpha value is -3.90. The van der Waals surface area contributed by atoms with Gasteiger partial charge in [0.05, 0.1) is 10.7 Å². The smallest absolute Gasteiger partial charge is 0.136 e. The zero-order chi connectivity index (χ0) is 24.5. The molecule has 6 rings (SSSR count). The van der Waals surface area contributed by atoms with Crippen LogP contribution in [0.25, 0.3) is 22.9 Å². The van der Waals surface area contributed by atoms with E-state index in [1.807, 2.05) is 34.9 Å². The SMILES string of the molecule is Fc1ccc(/C(=C(\c2ccc(/C=C/C3=NN=NC3)cc2)c2ccc3nccn3c2)C2CCC2)c(Cl)c1. The average molecular weight is 496 g/mol. The van der Waals surface area contributed by atoms with Crippen LogP contribution in [-0.4, -0.2) is 21.6 Å². The van der Waals surface area contributed by atoms with Crippen LogP contribution in [0, 0.1) is 11.7 Å². The van der Waals surface area contributed by atoms with Gasteiger partial charge in [0.2, 0.25) is 0 Å². The molecule has 0 atom stereocenters. The Bertz CT molecular complexity index is 1560. The molecular formula is C29H23ClFN5. The van der Waals surface area contributed by atoms with Crippen molar-refractivity contribution >= 4 is 40.2 Å². The molecule has 0 bridgehead atoms. The third-order valence-corrected chi connectivity index (χ3v) is 7.13. The average Bonchev–Trinajstić information content (AvgIpc) is 3.54. The van der Waals surface area contributed by atoms with E-state index < -0.39 is 0 Å². The van der Waals surface area contributed by atoms with E-state index >= 15 is 0 Å². The van der Waals surface area contributed by atoms with E-state index in [1.165, 1.54) is 18.6 Å². The van der Waals surface area contributed by atoms with Crippen molar-refractivity contribution in [2.45, 2.75) is 19.3 Å². The first-order chi connectivity index (χ1) is 17.7. The molecule has 0 amide bonds. The van der Waals surface area contributed by atoms with Gasteiger partial charge in [-0.3, -0.25) is 0 Å². The Morgan fingerprint density at radius 3 is 2.56 bits per heavy atom. The van der Waals surface area contributed by atoms with Crippen LogP contribution in [0.1, 0.15) is 41.5 Å². The topological polar surface area (TPSA) is 54.4 Å². The molecule has 1 saturated carbocycles. The van der Waals surface area contributed by atoms with E-state index in [2.05, 4.69) is 57.0 Å². The van der Waals surface area contributed by atoms with Gasteiger partial charge >= 0.3 is 0 Å². The minimum absolute atomic E-state index is 0.332. The highest BCUT2D eigenvalue weighted by Crippen LogP contribution is 2.46. The summed E-state index contributed by atoms with van der Waals surface area (Å²) in [6, 6.07) is 17.3. The first-order valence-electron chi connectivity index (χ1n) is 12.0. The zero-order valence-electron chi connectivity index (χ0n) is 19.5. The van der Waals surface area contributed by atoms with Gasteiger partial charge in [0.25, 0.3) is 0 Å². The summed E-state index contributed by atoms with van der Waals surface area (Å²) in [5.74, 6) is 0.0237. The van der Waals surface area contributed by atoms with E-state index in [0.717, 1.165) is 57.6 Å². The molecule has 2 aromatic heterocycles. The molecule has 5 nitrogen and oxygen atoms in total. The molecule has 4 aromatic rings. The maximum atomic E-state index is 14.0. The number of halogens is 2. The Kier molecular flexibility index (Phi) is 6.03. The fourth-order valence-corrected chi connectivity index (χ4v) is 5.04. The quantitative estimate of drug-likeness (QED) is 0.252. The predicted octanol–water partition coefficient (Wildman–Crippen LogP) is 7.72. The lowest BCUT2D eigenvalue weighted by molar-refractivity contribution is 0.401. The fraction of sp³-hybridized carbons (Fsp3) is 0.172. The third kappa shape index (κ3) is 4.40. The number of allylic oxidation sites excluding steroid dienone is 1. The monoisotopic (exact) mass is 495 g/mol. The number of nitrogens with zero attached hydrogens (tertiary/aromatic N) is 5. The number of hydrogen-bond acceptors (Lipinski definition) is 4. The van der Waals surface area contributed by atoms with E-state index in [1.54, 1.807) is 6.20 Å². The van der Waals surface area contributed by atoms with Gasteiger partial charge in [0.15, 0.2) is 0 Å². The lowest BCUT2D eigenvalue weighted by atomic mass is 9.73. The standard InChI is InChI=1S/C29H23ClFN5/c30-26-16-23(31)10-12-25(26)29(20-2-1-3-20)28(22-9-13-27-32-14-15-36(27)18-22)21-7-4-19(5-8-21)6-11-24-17-33-35-34-24/h4-16,18,20H,1-3,17H2/b11-6+,29-28+. The molecule has 1 aliphatic heterocycles. The maximum absolute atomic E-state index is 14.0. The van der Waals surface area contributed by atoms with Crippen LogP contribution in [0.15, 0.2) is 94.7 Å². The largest absolute Gasteiger partial charge is 0.306 e. The van der Waals surface area contributed by atoms with Crippen molar-refractivity contribution < 1.29 is 4.39 Å². The van der Waals surface area contributed by atoms with Crippen molar-refractivity contribution in [2.75, 3.05) is 6.54 Å². The Labute approximate surface area is 213 Å². The van der Waals surface area contributed by atoms with E-state index in [4.69, 9.17) is 11.6 Å². The van der Waals surface area contributed by atoms with Crippen molar-refractivity contribution in [2.24, 2.45) is 21.4 Å². The van der Waals surface area contributed by atoms with Crippen molar-refractivity contribution in [3.63, 3.8) is 0 Å². The van der Waals surface area contributed by atoms with Gasteiger partial charge in [-0.25, -0.2) is 9.37 Å². The predicted molar refractivity (Wildman–Crippen MR) is 142 cm³/mol. The van der Waals surface area contributed by atoms with Crippen molar-refractivity contribution in [1.29, 1.82) is 0 Å². The molecular weight excluding hydrogens is 473 g/mol. The highest BCUT2D eigenvalue weighted by atomic mass is 35.5. The molecule has 3 heterocycles. The number of hydrogen-bond donors (Lipinski definition) is 0. The molecule has 0 radical (unpaired) electrons. The molecule has 0 spiro atoms. The number of aromatic nitrogens is 2. The summed E-state index contributed by atoms with van der Waals surface area (Å²) in [4.78, 5) is 4.40. The molecule has 0 N–H and O–H groups in total. The minimum atomic E-state index is -0.332. The Morgan fingerprint density at radius 2 is 1.83 bits per heavy atom. The van der Waals surface area contributed by atoms with Crippen LogP contribution in [0.5, 0.6) is 0 Å². The lowest BCUT2D eigenvalue weighted by Crippen LogP contribution is -2.15. The summed E-state index contributed by atoms with van der Waals surface area (Å²) in [5, 5.41) is 12.0. The van der Waals surface area contributed by atoms with Gasteiger partial charge in [-0.1, -0.05) is 54.4 Å². The second-order valence-electron chi connectivity index (χ2n) is 9.09. The molecule has 1 aliphatic carbocycles. The summed E-state index contributed by atoms with van der Waals surface area (Å²) in [5.41, 5.74) is 8.09.